The van der Waals surface area contributed by atoms with Crippen molar-refractivity contribution in [3.8, 4) is 11.3 Å². The predicted octanol–water partition coefficient (Wildman–Crippen LogP) is 3.80. The van der Waals surface area contributed by atoms with Crippen molar-refractivity contribution in [2.45, 2.75) is 13.3 Å². The van der Waals surface area contributed by atoms with Gasteiger partial charge in [-0.1, -0.05) is 42.8 Å². The van der Waals surface area contributed by atoms with Gasteiger partial charge in [0.25, 0.3) is 0 Å². The topological polar surface area (TPSA) is 43.3 Å². The van der Waals surface area contributed by atoms with E-state index < -0.39 is 0 Å². The summed E-state index contributed by atoms with van der Waals surface area (Å²) in [5.41, 5.74) is 10.5. The van der Waals surface area contributed by atoms with E-state index in [2.05, 4.69) is 36.2 Å². The van der Waals surface area contributed by atoms with Gasteiger partial charge in [-0.25, -0.2) is 4.98 Å². The van der Waals surface area contributed by atoms with Gasteiger partial charge >= 0.3 is 0 Å². The number of hydrogen-bond donors (Lipinski definition) is 1. The van der Waals surface area contributed by atoms with Crippen LogP contribution in [0.1, 0.15) is 12.5 Å². The van der Waals surface area contributed by atoms with Crippen LogP contribution in [0.25, 0.3) is 16.9 Å². The molecule has 96 valence electrons. The van der Waals surface area contributed by atoms with Crippen LogP contribution in [-0.2, 0) is 6.42 Å². The van der Waals surface area contributed by atoms with E-state index in [0.717, 1.165) is 23.3 Å². The number of anilines is 1. The molecule has 0 radical (unpaired) electrons. The number of aryl methyl sites for hydroxylation is 1. The van der Waals surface area contributed by atoms with Crippen LogP contribution in [0, 0.1) is 0 Å². The molecule has 2 N–H and O–H groups in total. The fraction of sp³-hybridized carbons (Fsp3) is 0.133. The first-order valence-electron chi connectivity index (χ1n) is 6.20. The highest BCUT2D eigenvalue weighted by Gasteiger charge is 2.07. The lowest BCUT2D eigenvalue weighted by molar-refractivity contribution is 1.14. The highest BCUT2D eigenvalue weighted by Crippen LogP contribution is 2.24. The molecule has 19 heavy (non-hydrogen) atoms. The molecule has 0 saturated heterocycles. The minimum atomic E-state index is 0.587. The van der Waals surface area contributed by atoms with Crippen molar-refractivity contribution in [2.75, 3.05) is 5.73 Å². The van der Waals surface area contributed by atoms with Crippen molar-refractivity contribution in [1.82, 2.24) is 9.38 Å². The quantitative estimate of drug-likeness (QED) is 0.770. The number of nitrogens with two attached hydrogens (primary N) is 1. The minimum Gasteiger partial charge on any atom is -0.396 e. The van der Waals surface area contributed by atoms with Gasteiger partial charge in [0.2, 0.25) is 0 Å². The molecule has 0 amide bonds. The Balaban J connectivity index is 2.12. The summed E-state index contributed by atoms with van der Waals surface area (Å²) < 4.78 is 1.86. The molecule has 0 aliphatic rings. The van der Waals surface area contributed by atoms with Gasteiger partial charge in [0.15, 0.2) is 5.65 Å². The summed E-state index contributed by atoms with van der Waals surface area (Å²) in [7, 11) is 0. The second-order valence-corrected chi connectivity index (χ2v) is 4.96. The van der Waals surface area contributed by atoms with E-state index >= 15 is 0 Å². The number of benzene rings is 1. The first-order chi connectivity index (χ1) is 9.17. The summed E-state index contributed by atoms with van der Waals surface area (Å²) >= 11 is 5.99. The van der Waals surface area contributed by atoms with E-state index in [9.17, 15) is 0 Å². The van der Waals surface area contributed by atoms with Crippen LogP contribution in [0.4, 0.5) is 5.69 Å². The van der Waals surface area contributed by atoms with Crippen LogP contribution >= 0.6 is 11.6 Å². The first kappa shape index (κ1) is 12.1. The Hall–Kier alpha value is -2.00. The third-order valence-electron chi connectivity index (χ3n) is 3.20. The van der Waals surface area contributed by atoms with Crippen molar-refractivity contribution in [1.29, 1.82) is 0 Å². The largest absolute Gasteiger partial charge is 0.396 e. The lowest BCUT2D eigenvalue weighted by Crippen LogP contribution is -1.91. The van der Waals surface area contributed by atoms with Crippen molar-refractivity contribution in [3.05, 3.63) is 53.3 Å². The van der Waals surface area contributed by atoms with Crippen molar-refractivity contribution >= 4 is 22.9 Å². The highest BCUT2D eigenvalue weighted by atomic mass is 35.5. The van der Waals surface area contributed by atoms with Gasteiger partial charge in [-0.2, -0.15) is 0 Å². The van der Waals surface area contributed by atoms with E-state index in [-0.39, 0.29) is 0 Å². The highest BCUT2D eigenvalue weighted by molar-refractivity contribution is 6.30. The Morgan fingerprint density at radius 1 is 1.21 bits per heavy atom. The molecule has 1 aromatic carbocycles. The van der Waals surface area contributed by atoms with Crippen molar-refractivity contribution < 1.29 is 0 Å². The van der Waals surface area contributed by atoms with Crippen molar-refractivity contribution in [3.63, 3.8) is 0 Å². The minimum absolute atomic E-state index is 0.587. The molecular weight excluding hydrogens is 258 g/mol. The Bertz CT molecular complexity index is 729. The Labute approximate surface area is 116 Å². The number of pyridine rings is 1. The molecule has 0 spiro atoms. The Morgan fingerprint density at radius 3 is 2.63 bits per heavy atom. The smallest absolute Gasteiger partial charge is 0.160 e. The maximum atomic E-state index is 5.99. The molecule has 0 bridgehead atoms. The number of nitrogen functional groups attached to an aromatic ring is 1. The van der Waals surface area contributed by atoms with Gasteiger partial charge in [0.05, 0.1) is 16.4 Å². The fourth-order valence-electron chi connectivity index (χ4n) is 2.14. The molecule has 2 heterocycles. The summed E-state index contributed by atoms with van der Waals surface area (Å²) in [6.45, 7) is 2.14. The Kier molecular flexibility index (Phi) is 2.91. The number of nitrogens with zero attached hydrogens (tertiary/aromatic N) is 2. The summed E-state index contributed by atoms with van der Waals surface area (Å²) in [6, 6.07) is 10.1. The summed E-state index contributed by atoms with van der Waals surface area (Å²) in [4.78, 5) is 4.56. The number of fused-ring (bicyclic) bond motifs is 1. The van der Waals surface area contributed by atoms with E-state index in [1.54, 1.807) is 6.07 Å². The summed E-state index contributed by atoms with van der Waals surface area (Å²) in [5.74, 6) is 0. The molecule has 0 aliphatic heterocycles. The lowest BCUT2D eigenvalue weighted by atomic mass is 10.1. The zero-order valence-electron chi connectivity index (χ0n) is 10.6. The number of rotatable bonds is 2. The maximum Gasteiger partial charge on any atom is 0.160 e. The van der Waals surface area contributed by atoms with Gasteiger partial charge in [0.1, 0.15) is 0 Å². The molecule has 3 rings (SSSR count). The van der Waals surface area contributed by atoms with E-state index in [1.165, 1.54) is 5.56 Å². The molecule has 3 aromatic rings. The summed E-state index contributed by atoms with van der Waals surface area (Å²) in [6.07, 6.45) is 4.79. The zero-order valence-corrected chi connectivity index (χ0v) is 11.4. The standard InChI is InChI=1S/C15H14ClN3/c1-2-10-3-5-11(6-4-10)14-9-19-8-12(16)7-13(17)15(19)18-14/h3-9H,2,17H2,1H3. The molecule has 0 fully saturated rings. The maximum absolute atomic E-state index is 5.99. The van der Waals surface area contributed by atoms with Gasteiger partial charge in [-0.05, 0) is 18.1 Å². The third kappa shape index (κ3) is 2.17. The van der Waals surface area contributed by atoms with Crippen molar-refractivity contribution in [2.24, 2.45) is 0 Å². The number of aromatic nitrogens is 2. The molecule has 3 nitrogen and oxygen atoms in total. The zero-order chi connectivity index (χ0) is 13.4. The molecular formula is C15H14ClN3. The van der Waals surface area contributed by atoms with Crippen LogP contribution in [0.2, 0.25) is 5.02 Å². The van der Waals surface area contributed by atoms with Crippen LogP contribution in [0.3, 0.4) is 0 Å². The van der Waals surface area contributed by atoms with E-state index in [0.29, 0.717) is 10.7 Å². The van der Waals surface area contributed by atoms with Gasteiger partial charge in [-0.3, -0.25) is 0 Å². The molecule has 2 aromatic heterocycles. The second kappa shape index (κ2) is 4.59. The van der Waals surface area contributed by atoms with Crippen LogP contribution < -0.4 is 5.73 Å². The number of hydrogen-bond acceptors (Lipinski definition) is 2. The SMILES string of the molecule is CCc1ccc(-c2cn3cc(Cl)cc(N)c3n2)cc1. The molecule has 0 atom stereocenters. The summed E-state index contributed by atoms with van der Waals surface area (Å²) in [5, 5.41) is 0.607. The third-order valence-corrected chi connectivity index (χ3v) is 3.41. The van der Waals surface area contributed by atoms with Crippen LogP contribution in [0.15, 0.2) is 42.7 Å². The molecule has 0 saturated carbocycles. The van der Waals surface area contributed by atoms with E-state index in [1.807, 2.05) is 16.8 Å². The van der Waals surface area contributed by atoms with Gasteiger partial charge in [0, 0.05) is 18.0 Å². The first-order valence-corrected chi connectivity index (χ1v) is 6.58. The normalized spacial score (nSPS) is 11.1. The lowest BCUT2D eigenvalue weighted by Gasteiger charge is -1.98. The van der Waals surface area contributed by atoms with Gasteiger partial charge in [-0.15, -0.1) is 0 Å². The molecule has 0 aliphatic carbocycles. The Morgan fingerprint density at radius 2 is 1.95 bits per heavy atom. The molecule has 0 unspecified atom stereocenters. The predicted molar refractivity (Wildman–Crippen MR) is 79.4 cm³/mol. The fourth-order valence-corrected chi connectivity index (χ4v) is 2.36. The molecule has 4 heteroatoms. The monoisotopic (exact) mass is 271 g/mol. The van der Waals surface area contributed by atoms with Crippen LogP contribution in [0.5, 0.6) is 0 Å². The number of halogens is 1. The second-order valence-electron chi connectivity index (χ2n) is 4.52. The van der Waals surface area contributed by atoms with E-state index in [4.69, 9.17) is 17.3 Å². The van der Waals surface area contributed by atoms with Gasteiger partial charge < -0.3 is 10.1 Å². The van der Waals surface area contributed by atoms with Crippen LogP contribution in [-0.4, -0.2) is 9.38 Å². The average molecular weight is 272 g/mol. The number of imidazole rings is 1. The average Bonchev–Trinajstić information content (AvgIpc) is 2.83.